The van der Waals surface area contributed by atoms with E-state index in [-0.39, 0.29) is 41.1 Å². The van der Waals surface area contributed by atoms with E-state index in [1.54, 1.807) is 0 Å². The molecule has 1 N–H and O–H groups in total. The van der Waals surface area contributed by atoms with Gasteiger partial charge in [-0.05, 0) is 104 Å². The minimum absolute atomic E-state index is 0. The molecule has 1 nitrogen and oxygen atoms in total. The quantitative estimate of drug-likeness (QED) is 0.263. The second kappa shape index (κ2) is 7.10. The van der Waals surface area contributed by atoms with Crippen molar-refractivity contribution in [3.8, 4) is 0 Å². The number of fused-ring (bicyclic) bond motifs is 5. The van der Waals surface area contributed by atoms with E-state index in [0.29, 0.717) is 17.8 Å². The summed E-state index contributed by atoms with van der Waals surface area (Å²) in [6, 6.07) is 0. The minimum atomic E-state index is -0.510. The zero-order valence-electron chi connectivity index (χ0n) is 18.9. The Morgan fingerprint density at radius 3 is 2.17 bits per heavy atom. The van der Waals surface area contributed by atoms with Gasteiger partial charge in [0.25, 0.3) is 0 Å². The average molecular weight is 485 g/mol. The summed E-state index contributed by atoms with van der Waals surface area (Å²) in [5, 5.41) is 10.9. The van der Waals surface area contributed by atoms with Crippen LogP contribution >= 0.6 is 0 Å². The van der Waals surface area contributed by atoms with Gasteiger partial charge in [-0.1, -0.05) is 26.0 Å². The van der Waals surface area contributed by atoms with E-state index in [1.807, 2.05) is 6.92 Å². The summed E-state index contributed by atoms with van der Waals surface area (Å²) in [7, 11) is 0. The summed E-state index contributed by atoms with van der Waals surface area (Å²) in [5.41, 5.74) is 1.38. The van der Waals surface area contributed by atoms with Crippen LogP contribution in [0.5, 0.6) is 0 Å². The van der Waals surface area contributed by atoms with Crippen LogP contribution in [0.25, 0.3) is 0 Å². The Morgan fingerprint density at radius 1 is 0.931 bits per heavy atom. The molecule has 0 bridgehead atoms. The summed E-state index contributed by atoms with van der Waals surface area (Å²) in [5.74, 6) is 1.74. The molecule has 4 aliphatic rings. The van der Waals surface area contributed by atoms with Gasteiger partial charge in [0.15, 0.2) is 0 Å². The molecule has 0 aromatic heterocycles. The first kappa shape index (κ1) is 23.3. The van der Waals surface area contributed by atoms with Gasteiger partial charge in [-0.3, -0.25) is 0 Å². The molecule has 0 aromatic rings. The normalized spacial score (nSPS) is 53.6. The van der Waals surface area contributed by atoms with E-state index in [9.17, 15) is 5.11 Å². The molecule has 0 unspecified atom stereocenters. The first-order valence-corrected chi connectivity index (χ1v) is 11.5. The third-order valence-electron chi connectivity index (χ3n) is 10.5. The minimum Gasteiger partial charge on any atom is -0.390 e. The van der Waals surface area contributed by atoms with Crippen LogP contribution < -0.4 is 0 Å². The summed E-state index contributed by atoms with van der Waals surface area (Å²) < 4.78 is 0. The van der Waals surface area contributed by atoms with E-state index < -0.39 is 5.60 Å². The van der Waals surface area contributed by atoms with Crippen molar-refractivity contribution in [2.24, 2.45) is 39.4 Å². The van der Waals surface area contributed by atoms with Crippen molar-refractivity contribution in [1.29, 1.82) is 0 Å². The molecular weight excluding hydrogens is 443 g/mol. The second-order valence-electron chi connectivity index (χ2n) is 11.7. The van der Waals surface area contributed by atoms with Crippen LogP contribution in [0.3, 0.4) is 0 Å². The average Bonchev–Trinajstić information content (AvgIpc) is 2.93. The van der Waals surface area contributed by atoms with Gasteiger partial charge in [0.2, 0.25) is 0 Å². The Hall–Kier alpha value is -0.327. The zero-order valence-corrected chi connectivity index (χ0v) is 20.5. The number of rotatable bonds is 3. The van der Waals surface area contributed by atoms with Crippen LogP contribution in [0.1, 0.15) is 78.6 Å². The monoisotopic (exact) mass is 484 g/mol. The Morgan fingerprint density at radius 2 is 1.59 bits per heavy atom. The molecule has 0 heterocycles. The summed E-state index contributed by atoms with van der Waals surface area (Å²) >= 11 is 0. The van der Waals surface area contributed by atoms with Crippen molar-refractivity contribution in [2.75, 3.05) is 0 Å². The van der Waals surface area contributed by atoms with Gasteiger partial charge < -0.3 is 5.11 Å². The molecule has 4 saturated carbocycles. The van der Waals surface area contributed by atoms with Gasteiger partial charge in [0, 0.05) is 19.5 Å². The molecular formula is C27H41ORh-. The Balaban J connectivity index is 0.00000240. The summed E-state index contributed by atoms with van der Waals surface area (Å²) in [4.78, 5) is 0. The van der Waals surface area contributed by atoms with E-state index in [1.165, 1.54) is 38.5 Å². The Kier molecular flexibility index (Phi) is 5.71. The van der Waals surface area contributed by atoms with Gasteiger partial charge in [-0.2, -0.15) is 0 Å². The fourth-order valence-electron chi connectivity index (χ4n) is 9.42. The van der Waals surface area contributed by atoms with Gasteiger partial charge >= 0.3 is 0 Å². The topological polar surface area (TPSA) is 20.2 Å². The maximum atomic E-state index is 10.9. The van der Waals surface area contributed by atoms with E-state index >= 15 is 0 Å². The summed E-state index contributed by atoms with van der Waals surface area (Å²) in [6.45, 7) is 24.5. The molecule has 4 aliphatic carbocycles. The molecule has 1 radical (unpaired) electrons. The van der Waals surface area contributed by atoms with Crippen molar-refractivity contribution in [2.45, 2.75) is 84.2 Å². The molecule has 0 amide bonds. The maximum absolute atomic E-state index is 10.9. The predicted molar refractivity (Wildman–Crippen MR) is 119 cm³/mol. The van der Waals surface area contributed by atoms with Gasteiger partial charge in [0.05, 0.1) is 5.60 Å². The molecule has 0 saturated heterocycles. The number of allylic oxidation sites excluding steroid dienone is 3. The third kappa shape index (κ3) is 2.87. The predicted octanol–water partition coefficient (Wildman–Crippen LogP) is 6.90. The number of hydrogen-bond acceptors (Lipinski definition) is 1. The zero-order chi connectivity index (χ0) is 20.6. The van der Waals surface area contributed by atoms with Crippen LogP contribution in [-0.2, 0) is 19.5 Å². The molecule has 0 aliphatic heterocycles. The Labute approximate surface area is 192 Å². The molecule has 29 heavy (non-hydrogen) atoms. The van der Waals surface area contributed by atoms with E-state index in [4.69, 9.17) is 0 Å². The van der Waals surface area contributed by atoms with Gasteiger partial charge in [0.1, 0.15) is 0 Å². The van der Waals surface area contributed by atoms with Gasteiger partial charge in [-0.25, -0.2) is 19.1 Å². The smallest absolute Gasteiger partial charge is 0.0625 e. The number of aliphatic hydroxyl groups is 1. The van der Waals surface area contributed by atoms with Crippen molar-refractivity contribution in [1.82, 2.24) is 0 Å². The molecule has 165 valence electrons. The second-order valence-corrected chi connectivity index (χ2v) is 11.7. The molecule has 4 rings (SSSR count). The van der Waals surface area contributed by atoms with Crippen LogP contribution in [0, 0.1) is 46.3 Å². The molecule has 4 fully saturated rings. The first-order chi connectivity index (χ1) is 13.0. The van der Waals surface area contributed by atoms with Crippen LogP contribution in [-0.4, -0.2) is 10.7 Å². The van der Waals surface area contributed by atoms with E-state index in [0.717, 1.165) is 24.8 Å². The molecule has 2 heteroatoms. The Bertz CT molecular complexity index is 709. The standard InChI is InChI=1S/C27H41O.Rh/c1-8-26-17-16-25(7)20(19(3)4)10-15-27(25,9-2)22(26)11-13-23(5)18-24(6,28)14-12-21(23)26;/h8-9,20-22,28H,1-4,10-18H2,5-7H3;/q-1;/t20-,21+,22-,23-,24-,25-,26-,27+;/m1./s1. The van der Waals surface area contributed by atoms with Crippen molar-refractivity contribution in [3.63, 3.8) is 0 Å². The molecule has 0 spiro atoms. The fraction of sp³-hybridized carbons (Fsp3) is 0.741. The summed E-state index contributed by atoms with van der Waals surface area (Å²) in [6.07, 6.45) is 15.0. The van der Waals surface area contributed by atoms with Crippen molar-refractivity contribution >= 4 is 0 Å². The van der Waals surface area contributed by atoms with Crippen LogP contribution in [0.4, 0.5) is 0 Å². The fourth-order valence-corrected chi connectivity index (χ4v) is 9.42. The first-order valence-electron chi connectivity index (χ1n) is 11.5. The maximum Gasteiger partial charge on any atom is 0.0625 e. The molecule has 8 atom stereocenters. The van der Waals surface area contributed by atoms with Crippen molar-refractivity contribution < 1.29 is 24.6 Å². The SMILES string of the molecule is C=C[C@]12CC[C@]3(C)[C@@H](C(=C)[CH2-])CC[C@@]3(C=C)[C@@H]1CC[C@]1(C)C[C@](C)(O)CC[C@@H]12.[Rh]. The largest absolute Gasteiger partial charge is 0.390 e. The molecule has 0 aromatic carbocycles. The van der Waals surface area contributed by atoms with Gasteiger partial charge in [-0.15, -0.1) is 13.2 Å². The third-order valence-corrected chi connectivity index (χ3v) is 10.5. The number of hydrogen-bond donors (Lipinski definition) is 1. The van der Waals surface area contributed by atoms with Crippen LogP contribution in [0.2, 0.25) is 0 Å². The van der Waals surface area contributed by atoms with Crippen LogP contribution in [0.15, 0.2) is 37.5 Å². The van der Waals surface area contributed by atoms with E-state index in [2.05, 4.69) is 52.7 Å². The van der Waals surface area contributed by atoms with Crippen molar-refractivity contribution in [3.05, 3.63) is 44.4 Å².